The molecule has 130 valence electrons. The van der Waals surface area contributed by atoms with E-state index in [1.54, 1.807) is 17.4 Å². The molecule has 1 saturated carbocycles. The first-order chi connectivity index (χ1) is 12.3. The zero-order valence-electron chi connectivity index (χ0n) is 14.2. The van der Waals surface area contributed by atoms with Gasteiger partial charge in [-0.2, -0.15) is 0 Å². The van der Waals surface area contributed by atoms with Crippen molar-refractivity contribution in [2.24, 2.45) is 5.92 Å². The lowest BCUT2D eigenvalue weighted by Gasteiger charge is -2.29. The molecule has 0 radical (unpaired) electrons. The molecule has 1 fully saturated rings. The van der Waals surface area contributed by atoms with E-state index in [0.29, 0.717) is 13.2 Å². The third-order valence-corrected chi connectivity index (χ3v) is 5.62. The van der Waals surface area contributed by atoms with Gasteiger partial charge < -0.3 is 9.64 Å². The van der Waals surface area contributed by atoms with Crippen molar-refractivity contribution < 1.29 is 9.53 Å². The molecule has 0 aromatic carbocycles. The highest BCUT2D eigenvalue weighted by Gasteiger charge is 2.23. The summed E-state index contributed by atoms with van der Waals surface area (Å²) in [7, 11) is 0. The number of fused-ring (bicyclic) bond motifs is 1. The van der Waals surface area contributed by atoms with Crippen LogP contribution < -0.4 is 0 Å². The van der Waals surface area contributed by atoms with Crippen molar-refractivity contribution >= 4 is 23.3 Å². The van der Waals surface area contributed by atoms with Gasteiger partial charge in [0.05, 0.1) is 6.61 Å². The molecule has 2 aliphatic rings. The maximum atomic E-state index is 12.4. The number of carbonyl (C=O) groups excluding carboxylic acids is 1. The second kappa shape index (κ2) is 7.50. The summed E-state index contributed by atoms with van der Waals surface area (Å²) < 4.78 is 5.83. The molecular formula is C20H22N2O2S. The van der Waals surface area contributed by atoms with Crippen molar-refractivity contribution in [3.8, 4) is 0 Å². The molecule has 2 aromatic rings. The summed E-state index contributed by atoms with van der Waals surface area (Å²) in [5, 5.41) is 2.01. The summed E-state index contributed by atoms with van der Waals surface area (Å²) in [5.74, 6) is 0.838. The number of hydrogen-bond acceptors (Lipinski definition) is 4. The molecule has 0 spiro atoms. The molecule has 1 aliphatic carbocycles. The molecule has 0 N–H and O–H groups in total. The lowest BCUT2D eigenvalue weighted by molar-refractivity contribution is -0.126. The Labute approximate surface area is 152 Å². The topological polar surface area (TPSA) is 42.4 Å². The lowest BCUT2D eigenvalue weighted by atomic mass is 9.97. The monoisotopic (exact) mass is 354 g/mol. The predicted octanol–water partition coefficient (Wildman–Crippen LogP) is 3.67. The van der Waals surface area contributed by atoms with Crippen LogP contribution in [0.5, 0.6) is 0 Å². The SMILES string of the molecule is O=C(/C=C/c1cccs1)N1CCc2c(COCC3CC3)cncc2C1. The number of amides is 1. The first kappa shape index (κ1) is 16.5. The van der Waals surface area contributed by atoms with Crippen molar-refractivity contribution in [2.45, 2.75) is 32.4 Å². The average molecular weight is 354 g/mol. The van der Waals surface area contributed by atoms with Crippen molar-refractivity contribution in [3.63, 3.8) is 0 Å². The molecule has 2 aromatic heterocycles. The molecular weight excluding hydrogens is 332 g/mol. The number of pyridine rings is 1. The number of rotatable bonds is 6. The highest BCUT2D eigenvalue weighted by atomic mass is 32.1. The molecule has 1 aliphatic heterocycles. The summed E-state index contributed by atoms with van der Waals surface area (Å²) in [6.07, 6.45) is 10.9. The smallest absolute Gasteiger partial charge is 0.246 e. The van der Waals surface area contributed by atoms with Crippen LogP contribution in [0.25, 0.3) is 6.08 Å². The zero-order chi connectivity index (χ0) is 17.1. The van der Waals surface area contributed by atoms with E-state index in [2.05, 4.69) is 4.98 Å². The largest absolute Gasteiger partial charge is 0.376 e. The fourth-order valence-corrected chi connectivity index (χ4v) is 3.76. The van der Waals surface area contributed by atoms with E-state index >= 15 is 0 Å². The van der Waals surface area contributed by atoms with Crippen LogP contribution in [0, 0.1) is 5.92 Å². The first-order valence-corrected chi connectivity index (χ1v) is 9.70. The average Bonchev–Trinajstić information content (AvgIpc) is 3.31. The van der Waals surface area contributed by atoms with Crippen LogP contribution in [0.1, 0.15) is 34.4 Å². The van der Waals surface area contributed by atoms with E-state index in [-0.39, 0.29) is 5.91 Å². The van der Waals surface area contributed by atoms with Gasteiger partial charge in [0.25, 0.3) is 0 Å². The quantitative estimate of drug-likeness (QED) is 0.744. The van der Waals surface area contributed by atoms with Crippen LogP contribution >= 0.6 is 11.3 Å². The number of carbonyl (C=O) groups is 1. The molecule has 5 heteroatoms. The molecule has 4 rings (SSSR count). The number of nitrogens with zero attached hydrogens (tertiary/aromatic N) is 2. The third kappa shape index (κ3) is 4.17. The summed E-state index contributed by atoms with van der Waals surface area (Å²) in [4.78, 5) is 19.8. The van der Waals surface area contributed by atoms with Crippen LogP contribution in [0.4, 0.5) is 0 Å². The second-order valence-electron chi connectivity index (χ2n) is 6.75. The molecule has 4 nitrogen and oxygen atoms in total. The maximum Gasteiger partial charge on any atom is 0.246 e. The number of aromatic nitrogens is 1. The minimum atomic E-state index is 0.0643. The predicted molar refractivity (Wildman–Crippen MR) is 99.1 cm³/mol. The third-order valence-electron chi connectivity index (χ3n) is 4.78. The number of thiophene rings is 1. The maximum absolute atomic E-state index is 12.4. The van der Waals surface area contributed by atoms with E-state index in [1.807, 2.05) is 40.9 Å². The second-order valence-corrected chi connectivity index (χ2v) is 7.73. The van der Waals surface area contributed by atoms with Gasteiger partial charge in [-0.25, -0.2) is 0 Å². The van der Waals surface area contributed by atoms with E-state index in [1.165, 1.54) is 24.0 Å². The fourth-order valence-electron chi connectivity index (χ4n) is 3.15. The summed E-state index contributed by atoms with van der Waals surface area (Å²) in [6, 6.07) is 4.00. The summed E-state index contributed by atoms with van der Waals surface area (Å²) in [6.45, 7) is 2.88. The Morgan fingerprint density at radius 3 is 3.12 bits per heavy atom. The van der Waals surface area contributed by atoms with Crippen molar-refractivity contribution in [1.82, 2.24) is 9.88 Å². The normalized spacial score (nSPS) is 17.0. The van der Waals surface area contributed by atoms with E-state index in [4.69, 9.17) is 4.74 Å². The van der Waals surface area contributed by atoms with Gasteiger partial charge in [0.1, 0.15) is 0 Å². The molecule has 0 unspecified atom stereocenters. The Kier molecular flexibility index (Phi) is 4.95. The van der Waals surface area contributed by atoms with Gasteiger partial charge in [0.15, 0.2) is 0 Å². The van der Waals surface area contributed by atoms with Gasteiger partial charge in [-0.1, -0.05) is 6.07 Å². The van der Waals surface area contributed by atoms with Gasteiger partial charge in [0.2, 0.25) is 5.91 Å². The Balaban J connectivity index is 1.39. The lowest BCUT2D eigenvalue weighted by Crippen LogP contribution is -2.35. The van der Waals surface area contributed by atoms with Crippen LogP contribution in [0.2, 0.25) is 0 Å². The van der Waals surface area contributed by atoms with Gasteiger partial charge in [-0.15, -0.1) is 11.3 Å². The van der Waals surface area contributed by atoms with Crippen LogP contribution in [-0.4, -0.2) is 28.9 Å². The fraction of sp³-hybridized carbons (Fsp3) is 0.400. The summed E-state index contributed by atoms with van der Waals surface area (Å²) in [5.41, 5.74) is 3.65. The molecule has 0 saturated heterocycles. The van der Waals surface area contributed by atoms with Gasteiger partial charge in [-0.05, 0) is 59.4 Å². The Bertz CT molecular complexity index is 766. The molecule has 0 bridgehead atoms. The van der Waals surface area contributed by atoms with Gasteiger partial charge >= 0.3 is 0 Å². The zero-order valence-corrected chi connectivity index (χ0v) is 15.0. The van der Waals surface area contributed by atoms with E-state index in [9.17, 15) is 4.79 Å². The van der Waals surface area contributed by atoms with Gasteiger partial charge in [0, 0.05) is 43.0 Å². The van der Waals surface area contributed by atoms with Crippen LogP contribution in [0.15, 0.2) is 36.0 Å². The highest BCUT2D eigenvalue weighted by Crippen LogP contribution is 2.29. The molecule has 3 heterocycles. The van der Waals surface area contributed by atoms with Crippen LogP contribution in [0.3, 0.4) is 0 Å². The number of hydrogen-bond donors (Lipinski definition) is 0. The standard InChI is InChI=1S/C20H22N2O2S/c23-20(6-5-18-2-1-9-25-18)22-8-7-19-16(12-22)10-21-11-17(19)14-24-13-15-3-4-15/h1-2,5-6,9-11,15H,3-4,7-8,12-14H2/b6-5+. The van der Waals surface area contributed by atoms with E-state index < -0.39 is 0 Å². The minimum absolute atomic E-state index is 0.0643. The van der Waals surface area contributed by atoms with Crippen molar-refractivity contribution in [1.29, 1.82) is 0 Å². The van der Waals surface area contributed by atoms with E-state index in [0.717, 1.165) is 35.9 Å². The Morgan fingerprint density at radius 2 is 2.32 bits per heavy atom. The minimum Gasteiger partial charge on any atom is -0.376 e. The molecule has 0 atom stereocenters. The Hall–Kier alpha value is -1.98. The van der Waals surface area contributed by atoms with Crippen LogP contribution in [-0.2, 0) is 29.1 Å². The number of ether oxygens (including phenoxy) is 1. The molecule has 1 amide bonds. The first-order valence-electron chi connectivity index (χ1n) is 8.82. The Morgan fingerprint density at radius 1 is 1.40 bits per heavy atom. The summed E-state index contributed by atoms with van der Waals surface area (Å²) >= 11 is 1.63. The molecule has 25 heavy (non-hydrogen) atoms. The van der Waals surface area contributed by atoms with Crippen molar-refractivity contribution in [2.75, 3.05) is 13.2 Å². The highest BCUT2D eigenvalue weighted by molar-refractivity contribution is 7.10. The van der Waals surface area contributed by atoms with Gasteiger partial charge in [-0.3, -0.25) is 9.78 Å². The van der Waals surface area contributed by atoms with Crippen molar-refractivity contribution in [3.05, 3.63) is 57.6 Å².